The highest BCUT2D eigenvalue weighted by molar-refractivity contribution is 5.52. The monoisotopic (exact) mass is 204 g/mol. The molecular weight excluding hydrogens is 184 g/mol. The van der Waals surface area contributed by atoms with E-state index < -0.39 is 0 Å². The minimum absolute atomic E-state index is 0.821. The Balaban J connectivity index is 2.48. The van der Waals surface area contributed by atoms with E-state index in [1.54, 1.807) is 0 Å². The first-order chi connectivity index (χ1) is 7.38. The fourth-order valence-corrected chi connectivity index (χ4v) is 1.44. The smallest absolute Gasteiger partial charge is 0.0873 e. The van der Waals surface area contributed by atoms with Crippen LogP contribution in [0.2, 0.25) is 0 Å². The van der Waals surface area contributed by atoms with Gasteiger partial charge < -0.3 is 4.74 Å². The number of hydrogen-bond donors (Lipinski definition) is 0. The first kappa shape index (κ1) is 11.8. The van der Waals surface area contributed by atoms with Gasteiger partial charge in [-0.2, -0.15) is 0 Å². The zero-order chi connectivity index (χ0) is 10.9. The Bertz CT molecular complexity index is 302. The van der Waals surface area contributed by atoms with E-state index in [0.717, 1.165) is 19.4 Å². The van der Waals surface area contributed by atoms with Crippen LogP contribution in [0.3, 0.4) is 0 Å². The van der Waals surface area contributed by atoms with Crippen molar-refractivity contribution in [3.05, 3.63) is 41.7 Å². The summed E-state index contributed by atoms with van der Waals surface area (Å²) in [5.74, 6) is 0. The number of aryl methyl sites for hydroxylation is 1. The lowest BCUT2D eigenvalue weighted by molar-refractivity contribution is 0.246. The van der Waals surface area contributed by atoms with Crippen LogP contribution in [0.15, 0.2) is 30.5 Å². The average Bonchev–Trinajstić information content (AvgIpc) is 2.29. The second kappa shape index (κ2) is 7.10. The van der Waals surface area contributed by atoms with E-state index in [9.17, 15) is 0 Å². The molecular formula is C14H20O. The summed E-state index contributed by atoms with van der Waals surface area (Å²) in [6, 6.07) is 8.42. The Kier molecular flexibility index (Phi) is 5.60. The zero-order valence-electron chi connectivity index (χ0n) is 9.70. The van der Waals surface area contributed by atoms with E-state index in [1.165, 1.54) is 17.5 Å². The predicted octanol–water partition coefficient (Wildman–Crippen LogP) is 4.04. The Labute approximate surface area is 92.8 Å². The van der Waals surface area contributed by atoms with Crippen LogP contribution in [0.5, 0.6) is 0 Å². The molecule has 0 aliphatic heterocycles. The summed E-state index contributed by atoms with van der Waals surface area (Å²) in [4.78, 5) is 0. The molecule has 0 amide bonds. The highest BCUT2D eigenvalue weighted by Gasteiger charge is 1.94. The van der Waals surface area contributed by atoms with Crippen molar-refractivity contribution < 1.29 is 4.74 Å². The Hall–Kier alpha value is -1.24. The molecule has 0 saturated carbocycles. The van der Waals surface area contributed by atoms with Crippen molar-refractivity contribution in [3.8, 4) is 0 Å². The zero-order valence-corrected chi connectivity index (χ0v) is 9.70. The highest BCUT2D eigenvalue weighted by atomic mass is 16.5. The molecule has 82 valence electrons. The number of hydrogen-bond acceptors (Lipinski definition) is 1. The topological polar surface area (TPSA) is 9.23 Å². The standard InChI is InChI=1S/C14H20O/c1-3-5-11-15-12-10-14-9-7-6-8-13(14)4-2/h6-10,12H,3-5,11H2,1-2H3. The van der Waals surface area contributed by atoms with Gasteiger partial charge >= 0.3 is 0 Å². The van der Waals surface area contributed by atoms with Crippen LogP contribution >= 0.6 is 0 Å². The van der Waals surface area contributed by atoms with Crippen molar-refractivity contribution in [1.29, 1.82) is 0 Å². The molecule has 1 aromatic carbocycles. The van der Waals surface area contributed by atoms with Gasteiger partial charge in [0.15, 0.2) is 0 Å². The van der Waals surface area contributed by atoms with Gasteiger partial charge in [0.25, 0.3) is 0 Å². The average molecular weight is 204 g/mol. The fourth-order valence-electron chi connectivity index (χ4n) is 1.44. The number of benzene rings is 1. The molecule has 0 bridgehead atoms. The molecule has 0 fully saturated rings. The molecule has 0 heterocycles. The van der Waals surface area contributed by atoms with Gasteiger partial charge in [0.05, 0.1) is 12.9 Å². The summed E-state index contributed by atoms with van der Waals surface area (Å²) in [6.45, 7) is 5.16. The lowest BCUT2D eigenvalue weighted by Crippen LogP contribution is -1.87. The second-order valence-corrected chi connectivity index (χ2v) is 3.58. The molecule has 0 atom stereocenters. The van der Waals surface area contributed by atoms with Crippen molar-refractivity contribution in [2.45, 2.75) is 33.1 Å². The molecule has 0 saturated heterocycles. The summed E-state index contributed by atoms with van der Waals surface area (Å²) in [6.07, 6.45) is 7.23. The van der Waals surface area contributed by atoms with Gasteiger partial charge in [-0.15, -0.1) is 0 Å². The molecule has 0 spiro atoms. The van der Waals surface area contributed by atoms with E-state index >= 15 is 0 Å². The van der Waals surface area contributed by atoms with E-state index in [0.29, 0.717) is 0 Å². The number of unbranched alkanes of at least 4 members (excludes halogenated alkanes) is 1. The predicted molar refractivity (Wildman–Crippen MR) is 65.7 cm³/mol. The molecule has 1 nitrogen and oxygen atoms in total. The molecule has 0 radical (unpaired) electrons. The van der Waals surface area contributed by atoms with Crippen LogP contribution in [0.1, 0.15) is 37.8 Å². The SMILES string of the molecule is CCCCOC=Cc1ccccc1CC. The Morgan fingerprint density at radius 3 is 2.73 bits per heavy atom. The Morgan fingerprint density at radius 2 is 2.00 bits per heavy atom. The van der Waals surface area contributed by atoms with Gasteiger partial charge in [-0.25, -0.2) is 0 Å². The summed E-state index contributed by atoms with van der Waals surface area (Å²) < 4.78 is 5.40. The number of rotatable bonds is 6. The maximum absolute atomic E-state index is 5.40. The maximum atomic E-state index is 5.40. The lowest BCUT2D eigenvalue weighted by atomic mass is 10.1. The third-order valence-electron chi connectivity index (χ3n) is 2.40. The van der Waals surface area contributed by atoms with E-state index in [-0.39, 0.29) is 0 Å². The minimum atomic E-state index is 0.821. The molecule has 0 aliphatic carbocycles. The third kappa shape index (κ3) is 4.20. The van der Waals surface area contributed by atoms with Crippen LogP contribution in [0.25, 0.3) is 6.08 Å². The van der Waals surface area contributed by atoms with E-state index in [1.807, 2.05) is 6.26 Å². The maximum Gasteiger partial charge on any atom is 0.0873 e. The van der Waals surface area contributed by atoms with Crippen LogP contribution < -0.4 is 0 Å². The quantitative estimate of drug-likeness (QED) is 0.502. The van der Waals surface area contributed by atoms with Crippen molar-refractivity contribution in [2.75, 3.05) is 6.61 Å². The van der Waals surface area contributed by atoms with E-state index in [4.69, 9.17) is 4.74 Å². The van der Waals surface area contributed by atoms with Crippen LogP contribution in [0.4, 0.5) is 0 Å². The fraction of sp³-hybridized carbons (Fsp3) is 0.429. The molecule has 0 N–H and O–H groups in total. The largest absolute Gasteiger partial charge is 0.501 e. The highest BCUT2D eigenvalue weighted by Crippen LogP contribution is 2.11. The lowest BCUT2D eigenvalue weighted by Gasteiger charge is -2.02. The molecule has 0 aliphatic rings. The normalized spacial score (nSPS) is 10.8. The van der Waals surface area contributed by atoms with Gasteiger partial charge in [0.1, 0.15) is 0 Å². The van der Waals surface area contributed by atoms with Gasteiger partial charge in [-0.05, 0) is 30.0 Å². The summed E-state index contributed by atoms with van der Waals surface area (Å²) in [5.41, 5.74) is 2.63. The van der Waals surface area contributed by atoms with Crippen molar-refractivity contribution in [1.82, 2.24) is 0 Å². The van der Waals surface area contributed by atoms with Crippen molar-refractivity contribution in [3.63, 3.8) is 0 Å². The molecule has 15 heavy (non-hydrogen) atoms. The molecule has 0 aromatic heterocycles. The molecule has 1 rings (SSSR count). The van der Waals surface area contributed by atoms with Crippen LogP contribution in [-0.2, 0) is 11.2 Å². The first-order valence-electron chi connectivity index (χ1n) is 5.74. The first-order valence-corrected chi connectivity index (χ1v) is 5.74. The van der Waals surface area contributed by atoms with Gasteiger partial charge in [-0.3, -0.25) is 0 Å². The third-order valence-corrected chi connectivity index (χ3v) is 2.40. The molecule has 0 unspecified atom stereocenters. The van der Waals surface area contributed by atoms with Crippen molar-refractivity contribution >= 4 is 6.08 Å². The van der Waals surface area contributed by atoms with Crippen LogP contribution in [0, 0.1) is 0 Å². The summed E-state index contributed by atoms with van der Waals surface area (Å²) in [7, 11) is 0. The van der Waals surface area contributed by atoms with Gasteiger partial charge in [0.2, 0.25) is 0 Å². The molecule has 1 heteroatoms. The van der Waals surface area contributed by atoms with Crippen molar-refractivity contribution in [2.24, 2.45) is 0 Å². The Morgan fingerprint density at radius 1 is 1.20 bits per heavy atom. The van der Waals surface area contributed by atoms with Gasteiger partial charge in [-0.1, -0.05) is 44.5 Å². The molecule has 1 aromatic rings. The second-order valence-electron chi connectivity index (χ2n) is 3.58. The van der Waals surface area contributed by atoms with Gasteiger partial charge in [0, 0.05) is 0 Å². The van der Waals surface area contributed by atoms with E-state index in [2.05, 4.69) is 44.2 Å². The number of ether oxygens (including phenoxy) is 1. The van der Waals surface area contributed by atoms with Crippen LogP contribution in [-0.4, -0.2) is 6.61 Å². The summed E-state index contributed by atoms with van der Waals surface area (Å²) in [5, 5.41) is 0. The summed E-state index contributed by atoms with van der Waals surface area (Å²) >= 11 is 0. The minimum Gasteiger partial charge on any atom is -0.501 e.